The van der Waals surface area contributed by atoms with Crippen molar-refractivity contribution in [3.63, 3.8) is 0 Å². The molecule has 3 rings (SSSR count). The van der Waals surface area contributed by atoms with Gasteiger partial charge in [0.2, 0.25) is 0 Å². The molecule has 0 aliphatic heterocycles. The van der Waals surface area contributed by atoms with Crippen molar-refractivity contribution in [2.45, 2.75) is 13.0 Å². The van der Waals surface area contributed by atoms with Gasteiger partial charge in [0.25, 0.3) is 0 Å². The van der Waals surface area contributed by atoms with Gasteiger partial charge in [-0.05, 0) is 36.1 Å². The van der Waals surface area contributed by atoms with Gasteiger partial charge in [0, 0.05) is 17.6 Å². The minimum atomic E-state index is 0.190. The van der Waals surface area contributed by atoms with Crippen LogP contribution >= 0.6 is 0 Å². The van der Waals surface area contributed by atoms with Gasteiger partial charge in [0.15, 0.2) is 0 Å². The Kier molecular flexibility index (Phi) is 3.73. The molecule has 3 heteroatoms. The van der Waals surface area contributed by atoms with E-state index in [-0.39, 0.29) is 6.04 Å². The highest BCUT2D eigenvalue weighted by Crippen LogP contribution is 2.28. The fourth-order valence-corrected chi connectivity index (χ4v) is 2.42. The van der Waals surface area contributed by atoms with E-state index in [2.05, 4.69) is 29.4 Å². The molecule has 0 amide bonds. The monoisotopic (exact) mass is 278 g/mol. The van der Waals surface area contributed by atoms with Crippen molar-refractivity contribution in [2.24, 2.45) is 0 Å². The van der Waals surface area contributed by atoms with Crippen LogP contribution in [0.25, 0.3) is 10.8 Å². The first-order valence-corrected chi connectivity index (χ1v) is 7.02. The molecule has 1 N–H and O–H groups in total. The van der Waals surface area contributed by atoms with E-state index in [4.69, 9.17) is 4.74 Å². The first kappa shape index (κ1) is 13.4. The van der Waals surface area contributed by atoms with Crippen LogP contribution in [0.1, 0.15) is 18.5 Å². The molecule has 0 radical (unpaired) electrons. The lowest BCUT2D eigenvalue weighted by molar-refractivity contribution is 0.415. The number of hydrogen-bond donors (Lipinski definition) is 1. The van der Waals surface area contributed by atoms with E-state index in [0.29, 0.717) is 0 Å². The summed E-state index contributed by atoms with van der Waals surface area (Å²) in [5.74, 6) is 1.72. The van der Waals surface area contributed by atoms with Gasteiger partial charge in [-0.15, -0.1) is 0 Å². The molecule has 0 spiro atoms. The number of aromatic nitrogens is 1. The Morgan fingerprint density at radius 1 is 1.05 bits per heavy atom. The number of nitrogens with one attached hydrogen (secondary N) is 1. The second kappa shape index (κ2) is 5.83. The largest absolute Gasteiger partial charge is 0.497 e. The molecular formula is C18H18N2O. The van der Waals surface area contributed by atoms with Gasteiger partial charge in [-0.1, -0.05) is 36.4 Å². The highest BCUT2D eigenvalue weighted by Gasteiger charge is 2.09. The zero-order valence-electron chi connectivity index (χ0n) is 12.2. The van der Waals surface area contributed by atoms with Crippen LogP contribution in [0.5, 0.6) is 5.75 Å². The number of rotatable bonds is 4. The molecule has 106 valence electrons. The number of anilines is 1. The number of nitrogens with zero attached hydrogens (tertiary/aromatic N) is 1. The Morgan fingerprint density at radius 3 is 2.62 bits per heavy atom. The van der Waals surface area contributed by atoms with E-state index in [1.54, 1.807) is 7.11 Å². The summed E-state index contributed by atoms with van der Waals surface area (Å²) >= 11 is 0. The fraction of sp³-hybridized carbons (Fsp3) is 0.167. The van der Waals surface area contributed by atoms with Gasteiger partial charge in [0.1, 0.15) is 11.6 Å². The van der Waals surface area contributed by atoms with Gasteiger partial charge in [-0.25, -0.2) is 4.98 Å². The summed E-state index contributed by atoms with van der Waals surface area (Å²) in [5.41, 5.74) is 1.24. The second-order valence-electron chi connectivity index (χ2n) is 5.02. The summed E-state index contributed by atoms with van der Waals surface area (Å²) in [6, 6.07) is 18.6. The van der Waals surface area contributed by atoms with Crippen molar-refractivity contribution in [3.05, 3.63) is 66.4 Å². The van der Waals surface area contributed by atoms with Crippen molar-refractivity contribution >= 4 is 16.6 Å². The van der Waals surface area contributed by atoms with Crippen LogP contribution in [0.3, 0.4) is 0 Å². The van der Waals surface area contributed by atoms with Crippen LogP contribution in [-0.4, -0.2) is 12.1 Å². The molecule has 1 unspecified atom stereocenters. The third-order valence-corrected chi connectivity index (χ3v) is 3.63. The quantitative estimate of drug-likeness (QED) is 0.767. The molecule has 0 saturated carbocycles. The summed E-state index contributed by atoms with van der Waals surface area (Å²) in [5, 5.41) is 5.70. The molecule has 0 aliphatic carbocycles. The zero-order valence-corrected chi connectivity index (χ0v) is 12.2. The zero-order chi connectivity index (χ0) is 14.7. The lowest BCUT2D eigenvalue weighted by Crippen LogP contribution is -2.08. The van der Waals surface area contributed by atoms with Gasteiger partial charge in [-0.3, -0.25) is 0 Å². The summed E-state index contributed by atoms with van der Waals surface area (Å²) < 4.78 is 5.31. The maximum absolute atomic E-state index is 5.31. The van der Waals surface area contributed by atoms with Crippen molar-refractivity contribution in [2.75, 3.05) is 12.4 Å². The highest BCUT2D eigenvalue weighted by atomic mass is 16.5. The predicted molar refractivity (Wildman–Crippen MR) is 86.8 cm³/mol. The lowest BCUT2D eigenvalue weighted by Gasteiger charge is -2.16. The maximum Gasteiger partial charge on any atom is 0.134 e. The molecule has 1 aromatic heterocycles. The summed E-state index contributed by atoms with van der Waals surface area (Å²) in [7, 11) is 1.68. The Morgan fingerprint density at radius 2 is 1.86 bits per heavy atom. The maximum atomic E-state index is 5.31. The number of fused-ring (bicyclic) bond motifs is 1. The van der Waals surface area contributed by atoms with E-state index in [1.807, 2.05) is 48.7 Å². The first-order chi connectivity index (χ1) is 10.3. The summed E-state index contributed by atoms with van der Waals surface area (Å²) in [6.45, 7) is 2.13. The van der Waals surface area contributed by atoms with Crippen LogP contribution in [0, 0.1) is 0 Å². The van der Waals surface area contributed by atoms with Crippen LogP contribution in [0.2, 0.25) is 0 Å². The molecule has 3 aromatic rings. The van der Waals surface area contributed by atoms with E-state index < -0.39 is 0 Å². The molecule has 0 bridgehead atoms. The average molecular weight is 278 g/mol. The SMILES string of the molecule is COc1ccc2ccnc(NC(C)c3ccccc3)c2c1. The van der Waals surface area contributed by atoms with Crippen molar-refractivity contribution in [1.82, 2.24) is 4.98 Å². The molecule has 1 heterocycles. The fourth-order valence-electron chi connectivity index (χ4n) is 2.42. The number of pyridine rings is 1. The minimum Gasteiger partial charge on any atom is -0.497 e. The molecule has 21 heavy (non-hydrogen) atoms. The van der Waals surface area contributed by atoms with Crippen molar-refractivity contribution in [1.29, 1.82) is 0 Å². The molecular weight excluding hydrogens is 260 g/mol. The summed E-state index contributed by atoms with van der Waals surface area (Å²) in [4.78, 5) is 4.48. The number of ether oxygens (including phenoxy) is 1. The van der Waals surface area contributed by atoms with E-state index in [1.165, 1.54) is 5.56 Å². The number of benzene rings is 2. The topological polar surface area (TPSA) is 34.1 Å². The Bertz CT molecular complexity index is 741. The Balaban J connectivity index is 1.96. The van der Waals surface area contributed by atoms with Gasteiger partial charge in [-0.2, -0.15) is 0 Å². The van der Waals surface area contributed by atoms with Crippen molar-refractivity contribution < 1.29 is 4.74 Å². The van der Waals surface area contributed by atoms with E-state index >= 15 is 0 Å². The Labute approximate surface area is 124 Å². The Hall–Kier alpha value is -2.55. The second-order valence-corrected chi connectivity index (χ2v) is 5.02. The number of hydrogen-bond acceptors (Lipinski definition) is 3. The normalized spacial score (nSPS) is 12.1. The average Bonchev–Trinajstić information content (AvgIpc) is 2.55. The van der Waals surface area contributed by atoms with Crippen LogP contribution in [-0.2, 0) is 0 Å². The molecule has 1 atom stereocenters. The smallest absolute Gasteiger partial charge is 0.134 e. The van der Waals surface area contributed by atoms with Crippen molar-refractivity contribution in [3.8, 4) is 5.75 Å². The third kappa shape index (κ3) is 2.82. The number of methoxy groups -OCH3 is 1. The van der Waals surface area contributed by atoms with Gasteiger partial charge < -0.3 is 10.1 Å². The van der Waals surface area contributed by atoms with E-state index in [9.17, 15) is 0 Å². The molecule has 0 saturated heterocycles. The molecule has 3 nitrogen and oxygen atoms in total. The van der Waals surface area contributed by atoms with E-state index in [0.717, 1.165) is 22.3 Å². The van der Waals surface area contributed by atoms with Gasteiger partial charge >= 0.3 is 0 Å². The first-order valence-electron chi connectivity index (χ1n) is 7.02. The lowest BCUT2D eigenvalue weighted by atomic mass is 10.1. The summed E-state index contributed by atoms with van der Waals surface area (Å²) in [6.07, 6.45) is 1.83. The predicted octanol–water partition coefficient (Wildman–Crippen LogP) is 4.42. The molecule has 0 aliphatic rings. The standard InChI is InChI=1S/C18H18N2O/c1-13(14-6-4-3-5-7-14)20-18-17-12-16(21-2)9-8-15(17)10-11-19-18/h3-13H,1-2H3,(H,19,20). The third-order valence-electron chi connectivity index (χ3n) is 3.63. The molecule has 2 aromatic carbocycles. The van der Waals surface area contributed by atoms with Gasteiger partial charge in [0.05, 0.1) is 7.11 Å². The minimum absolute atomic E-state index is 0.190. The highest BCUT2D eigenvalue weighted by molar-refractivity contribution is 5.92. The van der Waals surface area contributed by atoms with Crippen LogP contribution < -0.4 is 10.1 Å². The molecule has 0 fully saturated rings. The van der Waals surface area contributed by atoms with Crippen LogP contribution in [0.4, 0.5) is 5.82 Å². The van der Waals surface area contributed by atoms with Crippen LogP contribution in [0.15, 0.2) is 60.8 Å².